The maximum Gasteiger partial charge on any atom is 0.573 e. The Bertz CT molecular complexity index is 1080. The third-order valence-corrected chi connectivity index (χ3v) is 4.18. The van der Waals surface area contributed by atoms with Crippen molar-refractivity contribution in [3.05, 3.63) is 72.3 Å². The van der Waals surface area contributed by atoms with Crippen LogP contribution in [0.25, 0.3) is 11.1 Å². The first-order valence-electron chi connectivity index (χ1n) is 8.56. The van der Waals surface area contributed by atoms with Crippen molar-refractivity contribution in [3.63, 3.8) is 0 Å². The summed E-state index contributed by atoms with van der Waals surface area (Å²) in [6.07, 6.45) is 0.953. The molecule has 0 fully saturated rings. The minimum absolute atomic E-state index is 0.0659. The van der Waals surface area contributed by atoms with Gasteiger partial charge in [-0.3, -0.25) is 4.98 Å². The van der Waals surface area contributed by atoms with Crippen LogP contribution in [0.4, 0.5) is 17.6 Å². The molecular formula is C21H15F4N3O2. The zero-order chi connectivity index (χ0) is 21.8. The van der Waals surface area contributed by atoms with Crippen LogP contribution in [0.2, 0.25) is 0 Å². The molecule has 3 aromatic rings. The zero-order valence-corrected chi connectivity index (χ0v) is 15.9. The topological polar surface area (TPSA) is 57.1 Å². The highest BCUT2D eigenvalue weighted by atomic mass is 19.4. The minimum atomic E-state index is -4.90. The Morgan fingerprint density at radius 3 is 2.27 bits per heavy atom. The van der Waals surface area contributed by atoms with E-state index in [2.05, 4.69) is 31.5 Å². The normalized spacial score (nSPS) is 13.1. The molecule has 1 atom stereocenters. The largest absolute Gasteiger partial charge is 0.573 e. The van der Waals surface area contributed by atoms with Gasteiger partial charge in [-0.2, -0.15) is 0 Å². The molecule has 154 valence electrons. The minimum Gasteiger partial charge on any atom is -0.406 e. The van der Waals surface area contributed by atoms with Gasteiger partial charge in [-0.1, -0.05) is 12.0 Å². The lowest BCUT2D eigenvalue weighted by atomic mass is 9.91. The van der Waals surface area contributed by atoms with Crippen LogP contribution in [0.3, 0.4) is 0 Å². The zero-order valence-electron chi connectivity index (χ0n) is 15.9. The smallest absolute Gasteiger partial charge is 0.406 e. The SMILES string of the molecule is CC#CC(OC)(c1cncnc1)c1ccc(-c2ccc(OC(F)(F)F)cc2F)cn1. The molecule has 0 bridgehead atoms. The molecule has 0 amide bonds. The fraction of sp³-hybridized carbons (Fsp3) is 0.190. The Balaban J connectivity index is 1.98. The molecule has 0 saturated heterocycles. The number of alkyl halides is 3. The molecule has 0 aliphatic heterocycles. The van der Waals surface area contributed by atoms with Gasteiger partial charge in [-0.25, -0.2) is 14.4 Å². The second kappa shape index (κ2) is 8.47. The van der Waals surface area contributed by atoms with Gasteiger partial charge >= 0.3 is 6.36 Å². The fourth-order valence-electron chi connectivity index (χ4n) is 2.90. The summed E-state index contributed by atoms with van der Waals surface area (Å²) in [5.41, 5.74) is 0.152. The molecule has 2 heterocycles. The molecule has 5 nitrogen and oxygen atoms in total. The van der Waals surface area contributed by atoms with Gasteiger partial charge < -0.3 is 9.47 Å². The standard InChI is InChI=1S/C21H15F4N3O2/c1-3-8-20(29-2,15-11-26-13-27-12-15)19-7-4-14(10-28-19)17-6-5-16(9-18(17)22)30-21(23,24)25/h4-7,9-13H,1-2H3. The Labute approximate surface area is 169 Å². The lowest BCUT2D eigenvalue weighted by Crippen LogP contribution is -2.30. The number of benzene rings is 1. The maximum absolute atomic E-state index is 14.4. The van der Waals surface area contributed by atoms with Crippen molar-refractivity contribution >= 4 is 0 Å². The van der Waals surface area contributed by atoms with Crippen LogP contribution in [0, 0.1) is 17.7 Å². The number of hydrogen-bond donors (Lipinski definition) is 0. The number of methoxy groups -OCH3 is 1. The van der Waals surface area contributed by atoms with E-state index in [1.54, 1.807) is 31.5 Å². The van der Waals surface area contributed by atoms with Gasteiger partial charge in [0.15, 0.2) is 5.60 Å². The van der Waals surface area contributed by atoms with Gasteiger partial charge in [0.2, 0.25) is 0 Å². The van der Waals surface area contributed by atoms with Gasteiger partial charge in [0, 0.05) is 48.5 Å². The molecule has 0 saturated carbocycles. The van der Waals surface area contributed by atoms with Crippen molar-refractivity contribution in [1.29, 1.82) is 0 Å². The first-order valence-corrected chi connectivity index (χ1v) is 8.56. The maximum atomic E-state index is 14.4. The second-order valence-corrected chi connectivity index (χ2v) is 6.01. The summed E-state index contributed by atoms with van der Waals surface area (Å²) in [7, 11) is 1.46. The van der Waals surface area contributed by atoms with Crippen LogP contribution in [0.1, 0.15) is 18.2 Å². The summed E-state index contributed by atoms with van der Waals surface area (Å²) in [5, 5.41) is 0. The van der Waals surface area contributed by atoms with E-state index < -0.39 is 23.5 Å². The molecule has 0 radical (unpaired) electrons. The van der Waals surface area contributed by atoms with E-state index in [0.29, 0.717) is 22.9 Å². The second-order valence-electron chi connectivity index (χ2n) is 6.01. The first-order chi connectivity index (χ1) is 14.3. The van der Waals surface area contributed by atoms with Crippen LogP contribution >= 0.6 is 0 Å². The molecule has 3 rings (SSSR count). The lowest BCUT2D eigenvalue weighted by molar-refractivity contribution is -0.274. The number of pyridine rings is 1. The molecule has 1 aromatic carbocycles. The van der Waals surface area contributed by atoms with E-state index >= 15 is 0 Å². The van der Waals surface area contributed by atoms with Crippen LogP contribution in [-0.4, -0.2) is 28.4 Å². The van der Waals surface area contributed by atoms with Gasteiger partial charge in [-0.05, 0) is 25.1 Å². The Hall–Kier alpha value is -3.51. The van der Waals surface area contributed by atoms with E-state index in [0.717, 1.165) is 6.07 Å². The van der Waals surface area contributed by atoms with Crippen molar-refractivity contribution in [3.8, 4) is 28.7 Å². The number of hydrogen-bond acceptors (Lipinski definition) is 5. The molecule has 0 aliphatic rings. The third-order valence-electron chi connectivity index (χ3n) is 4.18. The van der Waals surface area contributed by atoms with E-state index in [-0.39, 0.29) is 5.56 Å². The molecule has 0 N–H and O–H groups in total. The Morgan fingerprint density at radius 1 is 1.00 bits per heavy atom. The predicted molar refractivity (Wildman–Crippen MR) is 99.6 cm³/mol. The van der Waals surface area contributed by atoms with Gasteiger partial charge in [0.25, 0.3) is 0 Å². The third kappa shape index (κ3) is 4.39. The fourth-order valence-corrected chi connectivity index (χ4v) is 2.90. The van der Waals surface area contributed by atoms with Gasteiger partial charge in [-0.15, -0.1) is 19.1 Å². The molecular weight excluding hydrogens is 402 g/mol. The van der Waals surface area contributed by atoms with E-state index in [1.165, 1.54) is 25.7 Å². The summed E-state index contributed by atoms with van der Waals surface area (Å²) in [4.78, 5) is 12.3. The summed E-state index contributed by atoms with van der Waals surface area (Å²) < 4.78 is 60.7. The number of rotatable bonds is 5. The summed E-state index contributed by atoms with van der Waals surface area (Å²) in [6, 6.07) is 6.05. The monoisotopic (exact) mass is 417 g/mol. The number of halogens is 4. The van der Waals surface area contributed by atoms with Crippen molar-refractivity contribution in [1.82, 2.24) is 15.0 Å². The highest BCUT2D eigenvalue weighted by Crippen LogP contribution is 2.33. The van der Waals surface area contributed by atoms with Gasteiger partial charge in [0.1, 0.15) is 17.9 Å². The van der Waals surface area contributed by atoms with Crippen LogP contribution in [0.5, 0.6) is 5.75 Å². The van der Waals surface area contributed by atoms with Crippen molar-refractivity contribution < 1.29 is 27.0 Å². The van der Waals surface area contributed by atoms with Crippen LogP contribution < -0.4 is 4.74 Å². The number of aromatic nitrogens is 3. The Kier molecular flexibility index (Phi) is 5.99. The van der Waals surface area contributed by atoms with Crippen molar-refractivity contribution in [2.45, 2.75) is 18.9 Å². The molecule has 0 aliphatic carbocycles. The van der Waals surface area contributed by atoms with Gasteiger partial charge in [0.05, 0.1) is 5.69 Å². The van der Waals surface area contributed by atoms with Crippen molar-refractivity contribution in [2.75, 3.05) is 7.11 Å². The van der Waals surface area contributed by atoms with E-state index in [9.17, 15) is 17.6 Å². The quantitative estimate of drug-likeness (QED) is 0.452. The summed E-state index contributed by atoms with van der Waals surface area (Å²) in [5.74, 6) is 4.24. The average Bonchev–Trinajstić information content (AvgIpc) is 2.72. The predicted octanol–water partition coefficient (Wildman–Crippen LogP) is 4.49. The number of nitrogens with zero attached hydrogens (tertiary/aromatic N) is 3. The van der Waals surface area contributed by atoms with Crippen molar-refractivity contribution in [2.24, 2.45) is 0 Å². The molecule has 0 spiro atoms. The molecule has 9 heteroatoms. The molecule has 2 aromatic heterocycles. The molecule has 1 unspecified atom stereocenters. The number of ether oxygens (including phenoxy) is 2. The highest BCUT2D eigenvalue weighted by Gasteiger charge is 2.35. The highest BCUT2D eigenvalue weighted by molar-refractivity contribution is 5.64. The Morgan fingerprint density at radius 2 is 1.73 bits per heavy atom. The summed E-state index contributed by atoms with van der Waals surface area (Å²) >= 11 is 0. The first kappa shape index (κ1) is 21.2. The van der Waals surface area contributed by atoms with E-state index in [1.807, 2.05) is 0 Å². The van der Waals surface area contributed by atoms with Crippen LogP contribution in [-0.2, 0) is 10.3 Å². The summed E-state index contributed by atoms with van der Waals surface area (Å²) in [6.45, 7) is 1.64. The van der Waals surface area contributed by atoms with Crippen LogP contribution in [0.15, 0.2) is 55.2 Å². The van der Waals surface area contributed by atoms with E-state index in [4.69, 9.17) is 4.74 Å². The molecule has 30 heavy (non-hydrogen) atoms. The lowest BCUT2D eigenvalue weighted by Gasteiger charge is -2.26. The average molecular weight is 417 g/mol.